The van der Waals surface area contributed by atoms with Crippen LogP contribution in [0.15, 0.2) is 126 Å². The molecule has 0 aliphatic carbocycles. The second-order valence-electron chi connectivity index (χ2n) is 17.3. The summed E-state index contributed by atoms with van der Waals surface area (Å²) in [5.74, 6) is 1.06. The summed E-state index contributed by atoms with van der Waals surface area (Å²) < 4.78 is 11.5. The lowest BCUT2D eigenvalue weighted by atomic mass is 9.89. The highest BCUT2D eigenvalue weighted by Gasteiger charge is 2.41. The molecule has 2 saturated heterocycles. The van der Waals surface area contributed by atoms with Gasteiger partial charge < -0.3 is 39.7 Å². The zero-order chi connectivity index (χ0) is 48.0. The Morgan fingerprint density at radius 1 is 0.667 bits per heavy atom. The predicted octanol–water partition coefficient (Wildman–Crippen LogP) is 5.90. The zero-order valence-corrected chi connectivity index (χ0v) is 39.9. The summed E-state index contributed by atoms with van der Waals surface area (Å²) in [6.45, 7) is 7.37. The lowest BCUT2D eigenvalue weighted by molar-refractivity contribution is -0.122. The molecule has 2 aromatic heterocycles. The Bertz CT molecular complexity index is 2390. The number of aliphatic hydroxyl groups excluding tert-OH is 2. The Labute approximate surface area is 396 Å². The first-order chi connectivity index (χ1) is 31.5. The molecule has 2 aliphatic heterocycles. The number of carbonyl (C=O) groups is 2. The number of rotatable bonds is 12. The van der Waals surface area contributed by atoms with Crippen molar-refractivity contribution in [3.05, 3.63) is 137 Å². The number of amides is 2. The van der Waals surface area contributed by atoms with Gasteiger partial charge in [-0.1, -0.05) is 57.8 Å². The lowest BCUT2D eigenvalue weighted by Gasteiger charge is -2.31. The topological polar surface area (TPSA) is 197 Å². The van der Waals surface area contributed by atoms with Gasteiger partial charge >= 0.3 is 0 Å². The third-order valence-electron chi connectivity index (χ3n) is 12.0. The summed E-state index contributed by atoms with van der Waals surface area (Å²) in [5.41, 5.74) is 4.50. The van der Waals surface area contributed by atoms with Crippen molar-refractivity contribution in [1.29, 1.82) is 0 Å². The van der Waals surface area contributed by atoms with Gasteiger partial charge in [-0.05, 0) is 118 Å². The number of halogens is 1. The Balaban J connectivity index is 0.000000193. The number of nitrogens with zero attached hydrogens (tertiary/aromatic N) is 4. The molecular formula is C50H60BBrN6O8. The van der Waals surface area contributed by atoms with Crippen LogP contribution < -0.4 is 24.7 Å². The summed E-state index contributed by atoms with van der Waals surface area (Å²) in [6, 6.07) is 31.1. The van der Waals surface area contributed by atoms with Crippen molar-refractivity contribution < 1.29 is 39.5 Å². The van der Waals surface area contributed by atoms with Gasteiger partial charge in [0.05, 0.1) is 31.6 Å². The summed E-state index contributed by atoms with van der Waals surface area (Å²) in [5, 5.41) is 50.7. The molecule has 348 valence electrons. The molecule has 6 N–H and O–H groups in total. The number of aromatic nitrogens is 4. The molecule has 6 aromatic rings. The van der Waals surface area contributed by atoms with E-state index in [-0.39, 0.29) is 48.7 Å². The van der Waals surface area contributed by atoms with Crippen molar-refractivity contribution in [1.82, 2.24) is 20.4 Å². The van der Waals surface area contributed by atoms with E-state index < -0.39 is 11.2 Å². The van der Waals surface area contributed by atoms with Crippen molar-refractivity contribution in [3.8, 4) is 22.6 Å². The van der Waals surface area contributed by atoms with E-state index in [0.717, 1.165) is 49.6 Å². The van der Waals surface area contributed by atoms with Crippen LogP contribution in [0, 0.1) is 23.7 Å². The van der Waals surface area contributed by atoms with Crippen molar-refractivity contribution in [2.24, 2.45) is 23.7 Å². The number of ether oxygens (including phenoxy) is 2. The number of aliphatic hydroxyl groups is 4. The average molecular weight is 964 g/mol. The Morgan fingerprint density at radius 3 is 1.45 bits per heavy atom. The number of anilines is 2. The van der Waals surface area contributed by atoms with Crippen LogP contribution in [0.4, 0.5) is 11.4 Å². The van der Waals surface area contributed by atoms with Crippen LogP contribution in [0.2, 0.25) is 0 Å². The molecule has 2 fully saturated rings. The van der Waals surface area contributed by atoms with Crippen LogP contribution in [0.1, 0.15) is 38.8 Å². The molecule has 0 saturated carbocycles. The summed E-state index contributed by atoms with van der Waals surface area (Å²) in [4.78, 5) is 29.6. The van der Waals surface area contributed by atoms with Crippen LogP contribution in [-0.4, -0.2) is 112 Å². The first-order valence-corrected chi connectivity index (χ1v) is 22.4. The molecule has 16 heteroatoms. The van der Waals surface area contributed by atoms with Gasteiger partial charge in [-0.2, -0.15) is 10.2 Å². The van der Waals surface area contributed by atoms with Gasteiger partial charge in [0.1, 0.15) is 19.3 Å². The van der Waals surface area contributed by atoms with Gasteiger partial charge in [-0.3, -0.25) is 19.8 Å². The number of benzene rings is 4. The minimum atomic E-state index is -1.01. The zero-order valence-electron chi connectivity index (χ0n) is 38.3. The maximum Gasteiger partial charge on any atom is 0.230 e. The van der Waals surface area contributed by atoms with Crippen LogP contribution >= 0.6 is 15.9 Å². The van der Waals surface area contributed by atoms with Crippen molar-refractivity contribution >= 4 is 52.4 Å². The number of carbonyl (C=O) groups excluding carboxylic acids is 2. The van der Waals surface area contributed by atoms with Crippen molar-refractivity contribution in [2.75, 3.05) is 50.3 Å². The third kappa shape index (κ3) is 13.9. The number of methoxy groups -OCH3 is 2. The van der Waals surface area contributed by atoms with E-state index >= 15 is 0 Å². The largest absolute Gasteiger partial charge is 0.497 e. The molecule has 2 amide bonds. The maximum absolute atomic E-state index is 13.1. The first-order valence-electron chi connectivity index (χ1n) is 21.6. The van der Waals surface area contributed by atoms with E-state index in [1.54, 1.807) is 70.3 Å². The van der Waals surface area contributed by atoms with E-state index in [4.69, 9.17) is 27.5 Å². The highest BCUT2D eigenvalue weighted by molar-refractivity contribution is 9.10. The van der Waals surface area contributed by atoms with Gasteiger partial charge in [0.25, 0.3) is 0 Å². The predicted molar refractivity (Wildman–Crippen MR) is 261 cm³/mol. The molecule has 2 radical (unpaired) electrons. The molecule has 0 spiro atoms. The second kappa shape index (κ2) is 23.6. The molecule has 0 unspecified atom stereocenters. The normalized spacial score (nSPS) is 18.1. The number of H-pyrrole nitrogens is 2. The molecule has 0 bridgehead atoms. The van der Waals surface area contributed by atoms with Crippen LogP contribution in [-0.2, 0) is 22.4 Å². The minimum Gasteiger partial charge on any atom is -0.497 e. The number of hydrogen-bond acceptors (Lipinski definition) is 10. The van der Waals surface area contributed by atoms with Gasteiger partial charge in [0.2, 0.25) is 11.8 Å². The Hall–Kier alpha value is -5.78. The number of nitrogens with one attached hydrogen (secondary N) is 2. The van der Waals surface area contributed by atoms with Gasteiger partial charge in [0.15, 0.2) is 0 Å². The number of hydrogen-bond donors (Lipinski definition) is 6. The summed E-state index contributed by atoms with van der Waals surface area (Å²) in [6.07, 6.45) is 7.98. The van der Waals surface area contributed by atoms with E-state index in [0.29, 0.717) is 31.4 Å². The van der Waals surface area contributed by atoms with Gasteiger partial charge in [0, 0.05) is 90.0 Å². The highest BCUT2D eigenvalue weighted by atomic mass is 79.9. The van der Waals surface area contributed by atoms with Crippen LogP contribution in [0.5, 0.6) is 11.5 Å². The monoisotopic (exact) mass is 962 g/mol. The molecule has 4 aromatic carbocycles. The standard InChI is InChI=1S/C22H23N3O3.C19H20BrNO3.C6H14O2.C3H3BN2/c1-28-20-4-2-3-15(9-20)10-21-18(14-26)13-25(22(21)27)19-7-5-16(6-8-19)17-11-23-24-12-17;1-24-17-4-2-3-13(9-17)10-18-14(12-22)11-21(19(18)23)16-7-5-15(20)6-8-16;1-5(2,7)6(3,4)8;4-3-1-5-6-2-3/h2-9,11-12,18,21,26H,10,13-14H2,1H3,(H,23,24);2-9,14,18,22H,10-12H2,1H3;7-8H,1-4H3;1-2H,(H,5,6)/t18-,21-;14-,18-;;/m11../s1. The fraction of sp³-hybridized carbons (Fsp3) is 0.360. The van der Waals surface area contributed by atoms with E-state index in [2.05, 4.69) is 36.3 Å². The summed E-state index contributed by atoms with van der Waals surface area (Å²) in [7, 11) is 8.44. The van der Waals surface area contributed by atoms with Crippen LogP contribution in [0.3, 0.4) is 0 Å². The molecule has 14 nitrogen and oxygen atoms in total. The fourth-order valence-electron chi connectivity index (χ4n) is 7.28. The Kier molecular flexibility index (Phi) is 18.3. The molecule has 4 heterocycles. The third-order valence-corrected chi connectivity index (χ3v) is 12.5. The molecule has 66 heavy (non-hydrogen) atoms. The van der Waals surface area contributed by atoms with Crippen LogP contribution in [0.25, 0.3) is 11.1 Å². The average Bonchev–Trinajstić information content (AvgIpc) is 4.14. The van der Waals surface area contributed by atoms with Gasteiger partial charge in [-0.15, -0.1) is 0 Å². The quantitative estimate of drug-likeness (QED) is 0.0804. The van der Waals surface area contributed by atoms with Gasteiger partial charge in [-0.25, -0.2) is 0 Å². The minimum absolute atomic E-state index is 0.00734. The smallest absolute Gasteiger partial charge is 0.230 e. The summed E-state index contributed by atoms with van der Waals surface area (Å²) >= 11 is 3.41. The molecule has 8 rings (SSSR count). The van der Waals surface area contributed by atoms with E-state index in [1.165, 1.54) is 0 Å². The van der Waals surface area contributed by atoms with E-state index in [9.17, 15) is 19.8 Å². The Morgan fingerprint density at radius 2 is 1.11 bits per heavy atom. The molecule has 4 atom stereocenters. The highest BCUT2D eigenvalue weighted by Crippen LogP contribution is 2.35. The van der Waals surface area contributed by atoms with E-state index in [1.807, 2.05) is 103 Å². The lowest BCUT2D eigenvalue weighted by Crippen LogP contribution is -2.44. The second-order valence-corrected chi connectivity index (χ2v) is 18.2. The fourth-order valence-corrected chi connectivity index (χ4v) is 7.55. The maximum atomic E-state index is 13.1. The first kappa shape index (κ1) is 51.2. The van der Waals surface area contributed by atoms with Crippen molar-refractivity contribution in [2.45, 2.75) is 51.7 Å². The molecular weight excluding hydrogens is 903 g/mol. The van der Waals surface area contributed by atoms with Crippen molar-refractivity contribution in [3.63, 3.8) is 0 Å². The SMILES string of the molecule is CC(C)(O)C(C)(C)O.COc1cccc(C[C@H]2C(=O)N(c3ccc(-c4cn[nH]c4)cc3)C[C@@H]2CO)c1.COc1cccc(C[C@H]2C(=O)N(c3ccc(Br)cc3)C[C@@H]2CO)c1.[B]c1cn[nH]c1. The number of aromatic amines is 2. The molecule has 2 aliphatic rings.